The lowest BCUT2D eigenvalue weighted by Crippen LogP contribution is -2.26. The monoisotopic (exact) mass is 246 g/mol. The molecule has 0 radical (unpaired) electrons. The fraction of sp³-hybridized carbons (Fsp3) is 0.286. The van der Waals surface area contributed by atoms with Crippen LogP contribution in [0.3, 0.4) is 0 Å². The Bertz CT molecular complexity index is 607. The highest BCUT2D eigenvalue weighted by Crippen LogP contribution is 2.27. The first kappa shape index (κ1) is 12.4. The van der Waals surface area contributed by atoms with Gasteiger partial charge in [0, 0.05) is 11.8 Å². The molecule has 1 aromatic carbocycles. The van der Waals surface area contributed by atoms with Crippen molar-refractivity contribution in [1.29, 1.82) is 0 Å². The normalized spacial score (nSPS) is 11.7. The highest BCUT2D eigenvalue weighted by Gasteiger charge is 2.31. The second-order valence-electron chi connectivity index (χ2n) is 4.93. The second kappa shape index (κ2) is 4.29. The predicted molar refractivity (Wildman–Crippen MR) is 66.6 cm³/mol. The summed E-state index contributed by atoms with van der Waals surface area (Å²) in [5.41, 5.74) is 0.00374. The van der Waals surface area contributed by atoms with Crippen molar-refractivity contribution >= 4 is 22.7 Å². The van der Waals surface area contributed by atoms with Crippen molar-refractivity contribution in [2.45, 2.75) is 20.3 Å². The summed E-state index contributed by atoms with van der Waals surface area (Å²) in [6, 6.07) is 7.20. The van der Waals surface area contributed by atoms with Crippen LogP contribution in [0.25, 0.3) is 11.0 Å². The molecule has 0 aliphatic carbocycles. The zero-order valence-corrected chi connectivity index (χ0v) is 10.3. The Hall–Kier alpha value is -2.10. The molecule has 1 heterocycles. The maximum atomic E-state index is 12.1. The average molecular weight is 246 g/mol. The van der Waals surface area contributed by atoms with E-state index in [1.807, 2.05) is 12.1 Å². The third-order valence-corrected chi connectivity index (χ3v) is 2.96. The number of benzene rings is 1. The Morgan fingerprint density at radius 3 is 2.61 bits per heavy atom. The minimum Gasteiger partial charge on any atom is -0.481 e. The molecular weight excluding hydrogens is 232 g/mol. The molecule has 2 aromatic rings. The number of aliphatic carboxylic acids is 1. The van der Waals surface area contributed by atoms with Gasteiger partial charge in [-0.1, -0.05) is 18.2 Å². The maximum Gasteiger partial charge on any atom is 0.309 e. The van der Waals surface area contributed by atoms with Crippen LogP contribution in [0.4, 0.5) is 0 Å². The Morgan fingerprint density at radius 2 is 1.94 bits per heavy atom. The van der Waals surface area contributed by atoms with E-state index in [4.69, 9.17) is 9.52 Å². The van der Waals surface area contributed by atoms with Crippen molar-refractivity contribution < 1.29 is 19.1 Å². The summed E-state index contributed by atoms with van der Waals surface area (Å²) < 4.78 is 5.28. The molecule has 0 spiro atoms. The molecule has 4 nitrogen and oxygen atoms in total. The number of hydrogen-bond donors (Lipinski definition) is 1. The summed E-state index contributed by atoms with van der Waals surface area (Å²) in [5.74, 6) is -1.20. The Morgan fingerprint density at radius 1 is 1.28 bits per heavy atom. The topological polar surface area (TPSA) is 67.5 Å². The lowest BCUT2D eigenvalue weighted by Gasteiger charge is -2.17. The zero-order valence-electron chi connectivity index (χ0n) is 10.3. The van der Waals surface area contributed by atoms with E-state index in [1.165, 1.54) is 20.1 Å². The van der Waals surface area contributed by atoms with Crippen molar-refractivity contribution in [3.63, 3.8) is 0 Å². The van der Waals surface area contributed by atoms with Crippen molar-refractivity contribution in [2.75, 3.05) is 0 Å². The molecule has 1 N–H and O–H groups in total. The van der Waals surface area contributed by atoms with E-state index < -0.39 is 11.4 Å². The average Bonchev–Trinajstić information content (AvgIpc) is 2.71. The van der Waals surface area contributed by atoms with Crippen LogP contribution in [0.15, 0.2) is 34.9 Å². The van der Waals surface area contributed by atoms with Crippen molar-refractivity contribution in [3.8, 4) is 0 Å². The van der Waals surface area contributed by atoms with Crippen LogP contribution in [-0.4, -0.2) is 16.9 Å². The fourth-order valence-corrected chi connectivity index (χ4v) is 1.77. The second-order valence-corrected chi connectivity index (χ2v) is 4.93. The molecule has 0 atom stereocenters. The smallest absolute Gasteiger partial charge is 0.309 e. The van der Waals surface area contributed by atoms with Gasteiger partial charge in [-0.15, -0.1) is 0 Å². The lowest BCUT2D eigenvalue weighted by atomic mass is 9.86. The Balaban J connectivity index is 2.32. The van der Waals surface area contributed by atoms with Crippen LogP contribution in [0.2, 0.25) is 0 Å². The number of furan rings is 1. The molecule has 0 saturated carbocycles. The molecule has 0 saturated heterocycles. The Kier molecular flexibility index (Phi) is 2.95. The number of hydrogen-bond acceptors (Lipinski definition) is 3. The maximum absolute atomic E-state index is 12.1. The highest BCUT2D eigenvalue weighted by atomic mass is 16.4. The van der Waals surface area contributed by atoms with E-state index in [-0.39, 0.29) is 12.2 Å². The van der Waals surface area contributed by atoms with E-state index in [0.717, 1.165) is 5.39 Å². The standard InChI is InChI=1S/C14H14O4/c1-14(2,13(16)17)7-11(15)10-8-18-12-6-4-3-5-9(10)12/h3-6,8H,7H2,1-2H3,(H,16,17). The largest absolute Gasteiger partial charge is 0.481 e. The van der Waals surface area contributed by atoms with Crippen LogP contribution in [0.5, 0.6) is 0 Å². The third kappa shape index (κ3) is 2.14. The van der Waals surface area contributed by atoms with Gasteiger partial charge in [0.25, 0.3) is 0 Å². The minimum atomic E-state index is -1.07. The number of fused-ring (bicyclic) bond motifs is 1. The molecule has 1 aromatic heterocycles. The summed E-state index contributed by atoms with van der Waals surface area (Å²) in [5, 5.41) is 9.75. The number of Topliss-reactive ketones (excluding diaryl/α,β-unsaturated/α-hetero) is 1. The number of para-hydroxylation sites is 1. The lowest BCUT2D eigenvalue weighted by molar-refractivity contribution is -0.146. The first-order valence-corrected chi connectivity index (χ1v) is 5.64. The van der Waals surface area contributed by atoms with Gasteiger partial charge in [-0.2, -0.15) is 0 Å². The molecule has 0 amide bonds. The van der Waals surface area contributed by atoms with Crippen molar-refractivity contribution in [1.82, 2.24) is 0 Å². The SMILES string of the molecule is CC(C)(CC(=O)c1coc2ccccc12)C(=O)O. The van der Waals surface area contributed by atoms with Gasteiger partial charge in [-0.25, -0.2) is 0 Å². The van der Waals surface area contributed by atoms with Gasteiger partial charge in [-0.3, -0.25) is 9.59 Å². The zero-order chi connectivity index (χ0) is 13.3. The number of rotatable bonds is 4. The van der Waals surface area contributed by atoms with Crippen LogP contribution >= 0.6 is 0 Å². The van der Waals surface area contributed by atoms with Crippen LogP contribution in [0.1, 0.15) is 30.6 Å². The number of carboxylic acids is 1. The van der Waals surface area contributed by atoms with Crippen molar-refractivity contribution in [3.05, 3.63) is 36.1 Å². The van der Waals surface area contributed by atoms with E-state index in [1.54, 1.807) is 12.1 Å². The van der Waals surface area contributed by atoms with Gasteiger partial charge in [0.1, 0.15) is 11.8 Å². The molecule has 18 heavy (non-hydrogen) atoms. The molecule has 0 aliphatic heterocycles. The van der Waals surface area contributed by atoms with E-state index in [9.17, 15) is 9.59 Å². The Labute approximate surface area is 104 Å². The molecule has 0 unspecified atom stereocenters. The summed E-state index contributed by atoms with van der Waals surface area (Å²) in [6.45, 7) is 3.07. The molecule has 0 bridgehead atoms. The van der Waals surface area contributed by atoms with Crippen molar-refractivity contribution in [2.24, 2.45) is 5.41 Å². The summed E-state index contributed by atoms with van der Waals surface area (Å²) >= 11 is 0. The molecule has 4 heteroatoms. The van der Waals surface area contributed by atoms with Crippen LogP contribution in [-0.2, 0) is 4.79 Å². The summed E-state index contributed by atoms with van der Waals surface area (Å²) in [4.78, 5) is 23.1. The first-order chi connectivity index (χ1) is 8.42. The van der Waals surface area contributed by atoms with E-state index in [0.29, 0.717) is 11.1 Å². The number of carbonyl (C=O) groups is 2. The van der Waals surface area contributed by atoms with Gasteiger partial charge >= 0.3 is 5.97 Å². The van der Waals surface area contributed by atoms with Crippen LogP contribution < -0.4 is 0 Å². The van der Waals surface area contributed by atoms with Crippen LogP contribution in [0, 0.1) is 5.41 Å². The van der Waals surface area contributed by atoms with Gasteiger partial charge in [0.05, 0.1) is 11.0 Å². The predicted octanol–water partition coefficient (Wildman–Crippen LogP) is 3.12. The number of ketones is 1. The minimum absolute atomic E-state index is 0.0497. The molecular formula is C14H14O4. The highest BCUT2D eigenvalue weighted by molar-refractivity contribution is 6.08. The van der Waals surface area contributed by atoms with E-state index in [2.05, 4.69) is 0 Å². The third-order valence-electron chi connectivity index (χ3n) is 2.96. The van der Waals surface area contributed by atoms with Gasteiger partial charge in [0.2, 0.25) is 0 Å². The fourth-order valence-electron chi connectivity index (χ4n) is 1.77. The quantitative estimate of drug-likeness (QED) is 0.841. The van der Waals surface area contributed by atoms with E-state index >= 15 is 0 Å². The summed E-state index contributed by atoms with van der Waals surface area (Å²) in [7, 11) is 0. The van der Waals surface area contributed by atoms with Gasteiger partial charge < -0.3 is 9.52 Å². The number of carboxylic acid groups (broad SMARTS) is 1. The first-order valence-electron chi connectivity index (χ1n) is 5.64. The number of carbonyl (C=O) groups excluding carboxylic acids is 1. The molecule has 94 valence electrons. The summed E-state index contributed by atoms with van der Waals surface area (Å²) in [6.07, 6.45) is 1.34. The molecule has 0 aliphatic rings. The van der Waals surface area contributed by atoms with Gasteiger partial charge in [-0.05, 0) is 19.9 Å². The van der Waals surface area contributed by atoms with Gasteiger partial charge in [0.15, 0.2) is 5.78 Å². The molecule has 2 rings (SSSR count). The molecule has 0 fully saturated rings.